The van der Waals surface area contributed by atoms with Gasteiger partial charge >= 0.3 is 0 Å². The van der Waals surface area contributed by atoms with Gasteiger partial charge in [0.2, 0.25) is 5.91 Å². The largest absolute Gasteiger partial charge is 0.347 e. The zero-order valence-electron chi connectivity index (χ0n) is 8.74. The van der Waals surface area contributed by atoms with Crippen LogP contribution in [-0.4, -0.2) is 40.9 Å². The number of amides is 1. The molecule has 1 aromatic heterocycles. The first-order valence-corrected chi connectivity index (χ1v) is 4.55. The molecule has 1 rings (SSSR count). The SMILES string of the molecule is CNC(C)C(=O)N(C)Cc1ncc[nH]1. The summed E-state index contributed by atoms with van der Waals surface area (Å²) in [6, 6.07) is -0.157. The van der Waals surface area contributed by atoms with Gasteiger partial charge in [-0.05, 0) is 14.0 Å². The quantitative estimate of drug-likeness (QED) is 0.711. The first-order chi connectivity index (χ1) is 6.65. The van der Waals surface area contributed by atoms with Gasteiger partial charge in [0.15, 0.2) is 0 Å². The molecule has 0 saturated carbocycles. The Kier molecular flexibility index (Phi) is 3.64. The fraction of sp³-hybridized carbons (Fsp3) is 0.556. The molecular formula is C9H16N4O. The van der Waals surface area contributed by atoms with Crippen molar-refractivity contribution in [2.45, 2.75) is 19.5 Å². The lowest BCUT2D eigenvalue weighted by Gasteiger charge is -2.19. The highest BCUT2D eigenvalue weighted by atomic mass is 16.2. The molecule has 0 aromatic carbocycles. The average molecular weight is 196 g/mol. The zero-order valence-corrected chi connectivity index (χ0v) is 8.74. The summed E-state index contributed by atoms with van der Waals surface area (Å²) in [5, 5.41) is 2.90. The number of carbonyl (C=O) groups excluding carboxylic acids is 1. The van der Waals surface area contributed by atoms with Crippen molar-refractivity contribution in [1.82, 2.24) is 20.2 Å². The highest BCUT2D eigenvalue weighted by Gasteiger charge is 2.15. The fourth-order valence-corrected chi connectivity index (χ4v) is 1.14. The van der Waals surface area contributed by atoms with Crippen molar-refractivity contribution in [3.05, 3.63) is 18.2 Å². The summed E-state index contributed by atoms with van der Waals surface area (Å²) in [4.78, 5) is 20.3. The molecule has 2 N–H and O–H groups in total. The predicted octanol–water partition coefficient (Wildman–Crippen LogP) is -0.0240. The van der Waals surface area contributed by atoms with E-state index in [-0.39, 0.29) is 11.9 Å². The lowest BCUT2D eigenvalue weighted by molar-refractivity contribution is -0.132. The number of imidazole rings is 1. The van der Waals surface area contributed by atoms with Crippen LogP contribution < -0.4 is 5.32 Å². The molecule has 0 saturated heterocycles. The lowest BCUT2D eigenvalue weighted by atomic mass is 10.3. The molecule has 1 amide bonds. The summed E-state index contributed by atoms with van der Waals surface area (Å²) in [5.74, 6) is 0.855. The van der Waals surface area contributed by atoms with E-state index in [0.717, 1.165) is 5.82 Å². The Morgan fingerprint density at radius 3 is 3.00 bits per heavy atom. The number of nitrogens with zero attached hydrogens (tertiary/aromatic N) is 2. The van der Waals surface area contributed by atoms with Crippen molar-refractivity contribution >= 4 is 5.91 Å². The van der Waals surface area contributed by atoms with Crippen molar-refractivity contribution in [2.24, 2.45) is 0 Å². The number of aromatic nitrogens is 2. The van der Waals surface area contributed by atoms with E-state index < -0.39 is 0 Å². The Hall–Kier alpha value is -1.36. The zero-order chi connectivity index (χ0) is 10.6. The van der Waals surface area contributed by atoms with Gasteiger partial charge in [0.1, 0.15) is 5.82 Å². The van der Waals surface area contributed by atoms with Gasteiger partial charge in [0.25, 0.3) is 0 Å². The van der Waals surface area contributed by atoms with E-state index in [9.17, 15) is 4.79 Å². The summed E-state index contributed by atoms with van der Waals surface area (Å²) in [6.07, 6.45) is 3.42. The third kappa shape index (κ3) is 2.56. The second-order valence-electron chi connectivity index (χ2n) is 3.24. The van der Waals surface area contributed by atoms with Gasteiger partial charge in [-0.15, -0.1) is 0 Å². The van der Waals surface area contributed by atoms with Crippen molar-refractivity contribution in [1.29, 1.82) is 0 Å². The number of rotatable bonds is 4. The van der Waals surface area contributed by atoms with Gasteiger partial charge in [0, 0.05) is 19.4 Å². The van der Waals surface area contributed by atoms with Gasteiger partial charge in [-0.1, -0.05) is 0 Å². The van der Waals surface area contributed by atoms with Crippen molar-refractivity contribution in [3.63, 3.8) is 0 Å². The summed E-state index contributed by atoms with van der Waals surface area (Å²) in [7, 11) is 3.53. The molecule has 0 aliphatic rings. The third-order valence-corrected chi connectivity index (χ3v) is 2.12. The van der Waals surface area contributed by atoms with Crippen LogP contribution in [0.4, 0.5) is 0 Å². The van der Waals surface area contributed by atoms with E-state index >= 15 is 0 Å². The van der Waals surface area contributed by atoms with Crippen LogP contribution in [0.15, 0.2) is 12.4 Å². The summed E-state index contributed by atoms with van der Waals surface area (Å²) >= 11 is 0. The highest BCUT2D eigenvalue weighted by molar-refractivity contribution is 5.81. The first-order valence-electron chi connectivity index (χ1n) is 4.55. The van der Waals surface area contributed by atoms with Crippen LogP contribution in [-0.2, 0) is 11.3 Å². The van der Waals surface area contributed by atoms with Crippen LogP contribution in [0.5, 0.6) is 0 Å². The van der Waals surface area contributed by atoms with Gasteiger partial charge < -0.3 is 15.2 Å². The maximum atomic E-state index is 11.6. The molecule has 5 heteroatoms. The van der Waals surface area contributed by atoms with E-state index in [0.29, 0.717) is 6.54 Å². The van der Waals surface area contributed by atoms with Crippen LogP contribution in [0.3, 0.4) is 0 Å². The van der Waals surface area contributed by atoms with Crippen LogP contribution in [0.2, 0.25) is 0 Å². The topological polar surface area (TPSA) is 61.0 Å². The number of hydrogen-bond acceptors (Lipinski definition) is 3. The average Bonchev–Trinajstić information content (AvgIpc) is 2.68. The number of aromatic amines is 1. The standard InChI is InChI=1S/C9H16N4O/c1-7(10-2)9(14)13(3)6-8-11-4-5-12-8/h4-5,7,10H,6H2,1-3H3,(H,11,12). The number of nitrogens with one attached hydrogen (secondary N) is 2. The molecule has 14 heavy (non-hydrogen) atoms. The Morgan fingerprint density at radius 1 is 1.79 bits per heavy atom. The monoisotopic (exact) mass is 196 g/mol. The highest BCUT2D eigenvalue weighted by Crippen LogP contribution is 1.98. The van der Waals surface area contributed by atoms with Crippen molar-refractivity contribution < 1.29 is 4.79 Å². The molecule has 0 bridgehead atoms. The third-order valence-electron chi connectivity index (χ3n) is 2.12. The molecule has 5 nitrogen and oxygen atoms in total. The van der Waals surface area contributed by atoms with E-state index in [1.54, 1.807) is 31.4 Å². The minimum Gasteiger partial charge on any atom is -0.347 e. The molecule has 1 atom stereocenters. The van der Waals surface area contributed by atoms with Crippen LogP contribution in [0, 0.1) is 0 Å². The van der Waals surface area contributed by atoms with E-state index in [4.69, 9.17) is 0 Å². The molecular weight excluding hydrogens is 180 g/mol. The van der Waals surface area contributed by atoms with Crippen molar-refractivity contribution in [2.75, 3.05) is 14.1 Å². The van der Waals surface area contributed by atoms with E-state index in [2.05, 4.69) is 15.3 Å². The molecule has 0 fully saturated rings. The smallest absolute Gasteiger partial charge is 0.239 e. The minimum atomic E-state index is -0.157. The minimum absolute atomic E-state index is 0.0592. The molecule has 0 radical (unpaired) electrons. The molecule has 0 spiro atoms. The normalized spacial score (nSPS) is 12.5. The first kappa shape index (κ1) is 10.7. The second-order valence-corrected chi connectivity index (χ2v) is 3.24. The molecule has 78 valence electrons. The Morgan fingerprint density at radius 2 is 2.50 bits per heavy atom. The Balaban J connectivity index is 2.50. The molecule has 0 aliphatic carbocycles. The maximum Gasteiger partial charge on any atom is 0.239 e. The lowest BCUT2D eigenvalue weighted by Crippen LogP contribution is -2.41. The second kappa shape index (κ2) is 4.76. The van der Waals surface area contributed by atoms with Gasteiger partial charge in [0.05, 0.1) is 12.6 Å². The molecule has 1 heterocycles. The molecule has 0 aliphatic heterocycles. The van der Waals surface area contributed by atoms with E-state index in [1.807, 2.05) is 6.92 Å². The maximum absolute atomic E-state index is 11.6. The Bertz CT molecular complexity index is 283. The summed E-state index contributed by atoms with van der Waals surface area (Å²) < 4.78 is 0. The molecule has 1 aromatic rings. The summed E-state index contributed by atoms with van der Waals surface area (Å²) in [5.41, 5.74) is 0. The number of H-pyrrole nitrogens is 1. The summed E-state index contributed by atoms with van der Waals surface area (Å²) in [6.45, 7) is 2.35. The van der Waals surface area contributed by atoms with Gasteiger partial charge in [-0.25, -0.2) is 4.98 Å². The van der Waals surface area contributed by atoms with Gasteiger partial charge in [-0.2, -0.15) is 0 Å². The fourth-order valence-electron chi connectivity index (χ4n) is 1.14. The van der Waals surface area contributed by atoms with Crippen LogP contribution in [0.1, 0.15) is 12.7 Å². The van der Waals surface area contributed by atoms with Crippen molar-refractivity contribution in [3.8, 4) is 0 Å². The van der Waals surface area contributed by atoms with Crippen LogP contribution in [0.25, 0.3) is 0 Å². The number of likely N-dealkylation sites (N-methyl/N-ethyl adjacent to an activating group) is 2. The van der Waals surface area contributed by atoms with E-state index in [1.165, 1.54) is 0 Å². The Labute approximate surface area is 83.5 Å². The van der Waals surface area contributed by atoms with Gasteiger partial charge in [-0.3, -0.25) is 4.79 Å². The number of hydrogen-bond donors (Lipinski definition) is 2. The van der Waals surface area contributed by atoms with Crippen LogP contribution >= 0.6 is 0 Å². The number of carbonyl (C=O) groups is 1. The predicted molar refractivity (Wildman–Crippen MR) is 53.6 cm³/mol. The molecule has 1 unspecified atom stereocenters.